The highest BCUT2D eigenvalue weighted by Crippen LogP contribution is 2.27. The molecule has 0 unspecified atom stereocenters. The van der Waals surface area contributed by atoms with Crippen LogP contribution in [0.15, 0.2) is 66.7 Å². The Morgan fingerprint density at radius 3 is 2.04 bits per heavy atom. The third kappa shape index (κ3) is 3.81. The molecule has 140 valence electrons. The highest BCUT2D eigenvalue weighted by atomic mass is 16.3. The standard InChI is InChI=1S/C24H21NO3/c1-15-2-3-19(24(28)25-20-10-11-20)14-22(15)16-4-6-17(7-5-16)23(27)18-8-12-21(26)13-9-18/h2-9,12-14,20,26H,10-11H2,1H3,(H,25,28). The number of aromatic hydroxyl groups is 1. The summed E-state index contributed by atoms with van der Waals surface area (Å²) in [6, 6.07) is 19.6. The van der Waals surface area contributed by atoms with Crippen molar-refractivity contribution in [1.29, 1.82) is 0 Å². The van der Waals surface area contributed by atoms with Gasteiger partial charge >= 0.3 is 0 Å². The first-order chi connectivity index (χ1) is 13.5. The van der Waals surface area contributed by atoms with Crippen molar-refractivity contribution in [2.75, 3.05) is 0 Å². The summed E-state index contributed by atoms with van der Waals surface area (Å²) >= 11 is 0. The van der Waals surface area contributed by atoms with Crippen LogP contribution in [0.1, 0.15) is 44.7 Å². The van der Waals surface area contributed by atoms with Crippen LogP contribution in [0, 0.1) is 6.92 Å². The summed E-state index contributed by atoms with van der Waals surface area (Å²) in [5.74, 6) is -0.00307. The number of hydrogen-bond acceptors (Lipinski definition) is 3. The number of rotatable bonds is 5. The molecule has 3 aromatic rings. The lowest BCUT2D eigenvalue weighted by Crippen LogP contribution is -2.25. The second-order valence-electron chi connectivity index (χ2n) is 7.23. The Balaban J connectivity index is 1.58. The SMILES string of the molecule is Cc1ccc(C(=O)NC2CC2)cc1-c1ccc(C(=O)c2ccc(O)cc2)cc1. The van der Waals surface area contributed by atoms with E-state index in [1.54, 1.807) is 24.3 Å². The first kappa shape index (κ1) is 18.0. The van der Waals surface area contributed by atoms with E-state index in [1.165, 1.54) is 12.1 Å². The van der Waals surface area contributed by atoms with Crippen LogP contribution in [0.25, 0.3) is 11.1 Å². The highest BCUT2D eigenvalue weighted by Gasteiger charge is 2.24. The van der Waals surface area contributed by atoms with E-state index in [4.69, 9.17) is 0 Å². The minimum atomic E-state index is -0.0965. The van der Waals surface area contributed by atoms with E-state index in [0.29, 0.717) is 22.7 Å². The van der Waals surface area contributed by atoms with Crippen molar-refractivity contribution in [2.45, 2.75) is 25.8 Å². The number of aryl methyl sites for hydroxylation is 1. The van der Waals surface area contributed by atoms with Crippen LogP contribution in [0.3, 0.4) is 0 Å². The van der Waals surface area contributed by atoms with Gasteiger partial charge in [-0.1, -0.05) is 30.3 Å². The van der Waals surface area contributed by atoms with Crippen LogP contribution in [0.4, 0.5) is 0 Å². The molecule has 1 aliphatic carbocycles. The van der Waals surface area contributed by atoms with E-state index < -0.39 is 0 Å². The number of carbonyl (C=O) groups is 2. The molecule has 0 bridgehead atoms. The van der Waals surface area contributed by atoms with E-state index in [-0.39, 0.29) is 17.4 Å². The molecular weight excluding hydrogens is 350 g/mol. The van der Waals surface area contributed by atoms with Crippen molar-refractivity contribution in [2.24, 2.45) is 0 Å². The molecule has 0 spiro atoms. The smallest absolute Gasteiger partial charge is 0.251 e. The van der Waals surface area contributed by atoms with Gasteiger partial charge in [0.05, 0.1) is 0 Å². The van der Waals surface area contributed by atoms with Crippen LogP contribution in [-0.2, 0) is 0 Å². The lowest BCUT2D eigenvalue weighted by atomic mass is 9.95. The Bertz CT molecular complexity index is 1030. The molecule has 0 aliphatic heterocycles. The largest absolute Gasteiger partial charge is 0.508 e. The Morgan fingerprint density at radius 2 is 1.43 bits per heavy atom. The number of phenolic OH excluding ortho intramolecular Hbond substituents is 1. The van der Waals surface area contributed by atoms with Crippen LogP contribution < -0.4 is 5.32 Å². The topological polar surface area (TPSA) is 66.4 Å². The Labute approximate surface area is 163 Å². The van der Waals surface area contributed by atoms with Gasteiger partial charge < -0.3 is 10.4 Å². The molecule has 0 aromatic heterocycles. The van der Waals surface area contributed by atoms with Gasteiger partial charge in [-0.05, 0) is 72.9 Å². The lowest BCUT2D eigenvalue weighted by Gasteiger charge is -2.10. The molecular formula is C24H21NO3. The van der Waals surface area contributed by atoms with Gasteiger partial charge in [-0.3, -0.25) is 9.59 Å². The number of ketones is 1. The molecule has 0 heterocycles. The summed E-state index contributed by atoms with van der Waals surface area (Å²) < 4.78 is 0. The zero-order chi connectivity index (χ0) is 19.7. The minimum Gasteiger partial charge on any atom is -0.508 e. The molecule has 2 N–H and O–H groups in total. The Kier molecular flexibility index (Phi) is 4.70. The molecule has 4 rings (SSSR count). The average molecular weight is 371 g/mol. The van der Waals surface area contributed by atoms with Gasteiger partial charge in [0, 0.05) is 22.7 Å². The van der Waals surface area contributed by atoms with E-state index in [1.807, 2.05) is 37.3 Å². The number of hydrogen-bond donors (Lipinski definition) is 2. The fraction of sp³-hybridized carbons (Fsp3) is 0.167. The third-order valence-electron chi connectivity index (χ3n) is 5.00. The monoisotopic (exact) mass is 371 g/mol. The van der Waals surface area contributed by atoms with Gasteiger partial charge in [0.2, 0.25) is 0 Å². The van der Waals surface area contributed by atoms with Crippen LogP contribution in [0.2, 0.25) is 0 Å². The maximum Gasteiger partial charge on any atom is 0.251 e. The maximum absolute atomic E-state index is 12.6. The van der Waals surface area contributed by atoms with Gasteiger partial charge in [-0.2, -0.15) is 0 Å². The summed E-state index contributed by atoms with van der Waals surface area (Å²) in [6.07, 6.45) is 2.11. The van der Waals surface area contributed by atoms with Crippen LogP contribution in [0.5, 0.6) is 5.75 Å². The summed E-state index contributed by atoms with van der Waals surface area (Å²) in [6.45, 7) is 2.01. The second kappa shape index (κ2) is 7.31. The molecule has 4 heteroatoms. The predicted octanol–water partition coefficient (Wildman–Crippen LogP) is 4.49. The van der Waals surface area contributed by atoms with Gasteiger partial charge in [0.25, 0.3) is 5.91 Å². The number of phenols is 1. The summed E-state index contributed by atoms with van der Waals surface area (Å²) in [5, 5.41) is 12.4. The highest BCUT2D eigenvalue weighted by molar-refractivity contribution is 6.09. The molecule has 0 atom stereocenters. The van der Waals surface area contributed by atoms with Crippen molar-refractivity contribution in [3.05, 3.63) is 89.0 Å². The predicted molar refractivity (Wildman–Crippen MR) is 109 cm³/mol. The van der Waals surface area contributed by atoms with E-state index >= 15 is 0 Å². The molecule has 28 heavy (non-hydrogen) atoms. The van der Waals surface area contributed by atoms with Crippen molar-refractivity contribution < 1.29 is 14.7 Å². The fourth-order valence-electron chi connectivity index (χ4n) is 3.15. The molecule has 0 radical (unpaired) electrons. The molecule has 4 nitrogen and oxygen atoms in total. The minimum absolute atomic E-state index is 0.0390. The molecule has 1 fully saturated rings. The number of amides is 1. The zero-order valence-electron chi connectivity index (χ0n) is 15.6. The van der Waals surface area contributed by atoms with Crippen LogP contribution >= 0.6 is 0 Å². The Hall–Kier alpha value is -3.40. The van der Waals surface area contributed by atoms with E-state index in [0.717, 1.165) is 29.5 Å². The van der Waals surface area contributed by atoms with Gasteiger partial charge in [-0.15, -0.1) is 0 Å². The van der Waals surface area contributed by atoms with Gasteiger partial charge in [-0.25, -0.2) is 0 Å². The molecule has 1 aliphatic rings. The van der Waals surface area contributed by atoms with E-state index in [2.05, 4.69) is 5.32 Å². The summed E-state index contributed by atoms with van der Waals surface area (Å²) in [5.41, 5.74) is 4.76. The quantitative estimate of drug-likeness (QED) is 0.650. The third-order valence-corrected chi connectivity index (χ3v) is 5.00. The van der Waals surface area contributed by atoms with Gasteiger partial charge in [0.1, 0.15) is 5.75 Å². The number of carbonyl (C=O) groups excluding carboxylic acids is 2. The average Bonchev–Trinajstić information content (AvgIpc) is 3.52. The van der Waals surface area contributed by atoms with Gasteiger partial charge in [0.15, 0.2) is 5.78 Å². The second-order valence-corrected chi connectivity index (χ2v) is 7.23. The van der Waals surface area contributed by atoms with E-state index in [9.17, 15) is 14.7 Å². The molecule has 0 saturated heterocycles. The molecule has 1 saturated carbocycles. The van der Waals surface area contributed by atoms with Crippen molar-refractivity contribution in [1.82, 2.24) is 5.32 Å². The fourth-order valence-corrected chi connectivity index (χ4v) is 3.15. The van der Waals surface area contributed by atoms with Crippen molar-refractivity contribution in [3.8, 4) is 16.9 Å². The first-order valence-electron chi connectivity index (χ1n) is 9.37. The maximum atomic E-state index is 12.6. The van der Waals surface area contributed by atoms with Crippen molar-refractivity contribution in [3.63, 3.8) is 0 Å². The number of benzene rings is 3. The first-order valence-corrected chi connectivity index (χ1v) is 9.37. The summed E-state index contributed by atoms with van der Waals surface area (Å²) in [7, 11) is 0. The zero-order valence-corrected chi connectivity index (χ0v) is 15.6. The lowest BCUT2D eigenvalue weighted by molar-refractivity contribution is 0.0950. The Morgan fingerprint density at radius 1 is 0.857 bits per heavy atom. The molecule has 1 amide bonds. The van der Waals surface area contributed by atoms with Crippen LogP contribution in [-0.4, -0.2) is 22.8 Å². The molecule has 3 aromatic carbocycles. The number of nitrogens with one attached hydrogen (secondary N) is 1. The normalized spacial score (nSPS) is 13.2. The summed E-state index contributed by atoms with van der Waals surface area (Å²) in [4.78, 5) is 24.9. The van der Waals surface area contributed by atoms with Crippen molar-refractivity contribution >= 4 is 11.7 Å².